The summed E-state index contributed by atoms with van der Waals surface area (Å²) in [5, 5.41) is 18.5. The van der Waals surface area contributed by atoms with E-state index in [2.05, 4.69) is 20.8 Å². The third-order valence-electron chi connectivity index (χ3n) is 4.26. The number of amides is 3. The van der Waals surface area contributed by atoms with Crippen molar-refractivity contribution in [2.75, 3.05) is 18.8 Å². The van der Waals surface area contributed by atoms with Crippen molar-refractivity contribution in [1.82, 2.24) is 19.9 Å². The van der Waals surface area contributed by atoms with Crippen LogP contribution in [0, 0.1) is 0 Å². The topological polar surface area (TPSA) is 257 Å². The number of β-lactam (4-membered cyclic amide) rings is 1. The molecule has 182 valence electrons. The predicted octanol–water partition coefficient (Wildman–Crippen LogP) is -3.12. The molecule has 18 heteroatoms. The normalized spacial score (nSPS) is 19.0. The molecule has 0 unspecified atom stereocenters. The van der Waals surface area contributed by atoms with Crippen molar-refractivity contribution in [1.29, 1.82) is 0 Å². The fourth-order valence-corrected chi connectivity index (χ4v) is 3.89. The molecule has 33 heavy (non-hydrogen) atoms. The smallest absolute Gasteiger partial charge is 0.362 e. The molecule has 1 aliphatic heterocycles. The molecule has 0 radical (unpaired) electrons. The average Bonchev–Trinajstić information content (AvgIpc) is 3.13. The predicted molar refractivity (Wildman–Crippen MR) is 112 cm³/mol. The fourth-order valence-electron chi connectivity index (χ4n) is 2.46. The lowest BCUT2D eigenvalue weighted by Crippen LogP contribution is -2.74. The summed E-state index contributed by atoms with van der Waals surface area (Å²) >= 11 is 0.934. The molecule has 1 aromatic rings. The Hall–Kier alpha value is -3.35. The molecule has 0 spiro atoms. The van der Waals surface area contributed by atoms with Crippen LogP contribution in [-0.2, 0) is 34.3 Å². The highest BCUT2D eigenvalue weighted by molar-refractivity contribution is 7.84. The summed E-state index contributed by atoms with van der Waals surface area (Å²) in [5.41, 5.74) is 8.21. The van der Waals surface area contributed by atoms with Crippen LogP contribution < -0.4 is 22.1 Å². The van der Waals surface area contributed by atoms with Crippen molar-refractivity contribution < 1.29 is 42.1 Å². The molecule has 0 aromatic carbocycles. The van der Waals surface area contributed by atoms with Gasteiger partial charge in [0.05, 0.1) is 12.6 Å². The number of hydrogen-bond acceptors (Lipinski definition) is 12. The van der Waals surface area contributed by atoms with Gasteiger partial charge in [-0.3, -0.25) is 18.9 Å². The maximum Gasteiger partial charge on any atom is 0.362 e. The van der Waals surface area contributed by atoms with Gasteiger partial charge in [0.2, 0.25) is 11.5 Å². The molecule has 0 aliphatic carbocycles. The lowest BCUT2D eigenvalue weighted by molar-refractivity contribution is -0.161. The number of thiazole rings is 1. The van der Waals surface area contributed by atoms with Crippen LogP contribution in [0.25, 0.3) is 0 Å². The largest absolute Gasteiger partial charge is 0.478 e. The number of carbonyl (C=O) groups excluding carboxylic acids is 3. The Morgan fingerprint density at radius 2 is 2.03 bits per heavy atom. The Balaban J connectivity index is 2.31. The number of carboxylic acid groups (broad SMARTS) is 1. The van der Waals surface area contributed by atoms with Gasteiger partial charge in [-0.2, -0.15) is 8.42 Å². The molecule has 0 saturated carbocycles. The van der Waals surface area contributed by atoms with Crippen LogP contribution in [0.15, 0.2) is 10.5 Å². The number of oxime groups is 1. The first-order chi connectivity index (χ1) is 15.2. The number of nitrogen functional groups attached to an aromatic ring is 1. The van der Waals surface area contributed by atoms with Gasteiger partial charge in [0, 0.05) is 11.9 Å². The molecule has 1 aliphatic rings. The molecule has 1 aromatic heterocycles. The molecule has 3 amide bonds. The van der Waals surface area contributed by atoms with E-state index in [1.807, 2.05) is 0 Å². The first-order valence-electron chi connectivity index (χ1n) is 8.98. The van der Waals surface area contributed by atoms with Crippen LogP contribution in [0.5, 0.6) is 0 Å². The minimum Gasteiger partial charge on any atom is -0.478 e. The van der Waals surface area contributed by atoms with Crippen molar-refractivity contribution in [2.45, 2.75) is 31.5 Å². The fraction of sp³-hybridized carbons (Fsp3) is 0.467. The number of nitrogens with zero attached hydrogens (tertiary/aromatic N) is 3. The van der Waals surface area contributed by atoms with Crippen molar-refractivity contribution in [3.8, 4) is 0 Å². The number of aliphatic carboxylic acids is 1. The number of hydrogen-bond donors (Lipinski definition) is 6. The maximum absolute atomic E-state index is 12.8. The molecule has 2 rings (SSSR count). The summed E-state index contributed by atoms with van der Waals surface area (Å²) in [6.45, 7) is 1.44. The van der Waals surface area contributed by atoms with Gasteiger partial charge in [-0.25, -0.2) is 14.1 Å². The second-order valence-corrected chi connectivity index (χ2v) is 9.23. The number of carboxylic acids is 1. The first kappa shape index (κ1) is 25.9. The summed E-state index contributed by atoms with van der Waals surface area (Å²) in [7, 11) is -4.99. The second-order valence-electron chi connectivity index (χ2n) is 7.06. The number of carbonyl (C=O) groups is 4. The van der Waals surface area contributed by atoms with Gasteiger partial charge >= 0.3 is 16.3 Å². The van der Waals surface area contributed by atoms with Crippen molar-refractivity contribution in [3.05, 3.63) is 11.1 Å². The summed E-state index contributed by atoms with van der Waals surface area (Å²) in [6, 6.07) is -2.89. The Labute approximate surface area is 190 Å². The van der Waals surface area contributed by atoms with Crippen LogP contribution in [0.2, 0.25) is 0 Å². The molecule has 8 N–H and O–H groups in total. The van der Waals surface area contributed by atoms with Crippen LogP contribution in [0.3, 0.4) is 0 Å². The summed E-state index contributed by atoms with van der Waals surface area (Å²) in [6.07, 6.45) is 0. The molecular formula is C15H21N7O9S2. The summed E-state index contributed by atoms with van der Waals surface area (Å²) in [5.74, 6) is -4.36. The molecule has 2 atom stereocenters. The van der Waals surface area contributed by atoms with Crippen molar-refractivity contribution in [2.24, 2.45) is 10.9 Å². The van der Waals surface area contributed by atoms with E-state index in [1.165, 1.54) is 19.2 Å². The number of rotatable bonds is 10. The summed E-state index contributed by atoms with van der Waals surface area (Å²) < 4.78 is 32.4. The van der Waals surface area contributed by atoms with E-state index in [0.717, 1.165) is 11.3 Å². The standard InChI is InChI=1S/C15H21N7O9S2/c1-15(2,13(26)27)31-21-9(6-5-32-14(17)19-6)11(24)20-10-7(4-18-8(23)3-16)22(12(10)25)33(28,29)30/h5,7,10H,3-4,16H2,1-2H3,(H2,17,19)(H,18,23)(H,20,24)(H,26,27)(H,28,29,30)/b21-9-/t7-,10+/m1/s1. The van der Waals surface area contributed by atoms with E-state index in [9.17, 15) is 32.1 Å². The lowest BCUT2D eigenvalue weighted by atomic mass is 9.98. The molecule has 1 saturated heterocycles. The monoisotopic (exact) mass is 507 g/mol. The third kappa shape index (κ3) is 5.92. The number of nitrogens with two attached hydrogens (primary N) is 2. The Morgan fingerprint density at radius 3 is 2.52 bits per heavy atom. The maximum atomic E-state index is 12.8. The summed E-state index contributed by atoms with van der Waals surface area (Å²) in [4.78, 5) is 56.6. The van der Waals surface area contributed by atoms with E-state index in [-0.39, 0.29) is 15.1 Å². The van der Waals surface area contributed by atoms with Gasteiger partial charge < -0.3 is 32.0 Å². The van der Waals surface area contributed by atoms with Crippen molar-refractivity contribution in [3.63, 3.8) is 0 Å². The number of aromatic nitrogens is 1. The van der Waals surface area contributed by atoms with Gasteiger partial charge in [-0.1, -0.05) is 5.16 Å². The highest BCUT2D eigenvalue weighted by Crippen LogP contribution is 2.24. The zero-order valence-corrected chi connectivity index (χ0v) is 18.8. The quantitative estimate of drug-likeness (QED) is 0.0795. The minimum absolute atomic E-state index is 0.0441. The Bertz CT molecular complexity index is 1100. The molecular weight excluding hydrogens is 486 g/mol. The van der Waals surface area contributed by atoms with Gasteiger partial charge in [0.25, 0.3) is 11.8 Å². The van der Waals surface area contributed by atoms with Crippen LogP contribution in [-0.4, -0.2) is 87.5 Å². The van der Waals surface area contributed by atoms with E-state index in [1.54, 1.807) is 0 Å². The van der Waals surface area contributed by atoms with E-state index in [0.29, 0.717) is 0 Å². The van der Waals surface area contributed by atoms with Gasteiger partial charge in [-0.05, 0) is 13.8 Å². The van der Waals surface area contributed by atoms with E-state index in [4.69, 9.17) is 21.4 Å². The van der Waals surface area contributed by atoms with Gasteiger partial charge in [-0.15, -0.1) is 11.3 Å². The van der Waals surface area contributed by atoms with Gasteiger partial charge in [0.15, 0.2) is 10.8 Å². The van der Waals surface area contributed by atoms with Crippen LogP contribution in [0.4, 0.5) is 5.13 Å². The van der Waals surface area contributed by atoms with E-state index >= 15 is 0 Å². The Kier molecular flexibility index (Phi) is 7.57. The SMILES string of the molecule is CC(C)(O/N=C(\C(=O)N[C@@H]1C(=O)N(S(=O)(=O)O)[C@@H]1CNC(=O)CN)c1csc(N)n1)C(=O)O. The molecule has 16 nitrogen and oxygen atoms in total. The zero-order chi connectivity index (χ0) is 25.1. The minimum atomic E-state index is -4.99. The van der Waals surface area contributed by atoms with E-state index < -0.39 is 70.5 Å². The second kappa shape index (κ2) is 9.65. The average molecular weight is 508 g/mol. The van der Waals surface area contributed by atoms with Crippen LogP contribution >= 0.6 is 11.3 Å². The lowest BCUT2D eigenvalue weighted by Gasteiger charge is -2.44. The molecule has 0 bridgehead atoms. The highest BCUT2D eigenvalue weighted by atomic mass is 32.2. The Morgan fingerprint density at radius 1 is 1.39 bits per heavy atom. The molecule has 1 fully saturated rings. The van der Waals surface area contributed by atoms with Gasteiger partial charge in [0.1, 0.15) is 11.7 Å². The zero-order valence-electron chi connectivity index (χ0n) is 17.2. The third-order valence-corrected chi connectivity index (χ3v) is 5.88. The van der Waals surface area contributed by atoms with Crippen LogP contribution in [0.1, 0.15) is 19.5 Å². The highest BCUT2D eigenvalue weighted by Gasteiger charge is 2.54. The number of anilines is 1. The number of nitrogens with one attached hydrogen (secondary N) is 2. The molecule has 2 heterocycles. The van der Waals surface area contributed by atoms with Crippen molar-refractivity contribution >= 4 is 56.2 Å². The first-order valence-corrected chi connectivity index (χ1v) is 11.3.